The van der Waals surface area contributed by atoms with E-state index in [0.29, 0.717) is 11.2 Å². The average molecular weight is 492 g/mol. The number of hydrogen-bond acceptors (Lipinski definition) is 8. The Morgan fingerprint density at radius 2 is 1.77 bits per heavy atom. The molecule has 0 atom stereocenters. The van der Waals surface area contributed by atoms with Crippen molar-refractivity contribution in [1.82, 2.24) is 15.0 Å². The van der Waals surface area contributed by atoms with E-state index in [9.17, 15) is 4.79 Å². The highest BCUT2D eigenvalue weighted by Crippen LogP contribution is 2.30. The first-order chi connectivity index (χ1) is 17.0. The Morgan fingerprint density at radius 3 is 2.49 bits per heavy atom. The third kappa shape index (κ3) is 5.44. The van der Waals surface area contributed by atoms with Crippen molar-refractivity contribution >= 4 is 39.5 Å². The molecule has 0 saturated carbocycles. The highest BCUT2D eigenvalue weighted by molar-refractivity contribution is 7.51. The number of benzene rings is 1. The van der Waals surface area contributed by atoms with Crippen LogP contribution >= 0.6 is 0 Å². The Labute approximate surface area is 205 Å². The average Bonchev–Trinajstić information content (AvgIpc) is 2.87. The van der Waals surface area contributed by atoms with Crippen molar-refractivity contribution in [2.24, 2.45) is 0 Å². The van der Waals surface area contributed by atoms with Gasteiger partial charge in [-0.1, -0.05) is 0 Å². The predicted octanol–water partition coefficient (Wildman–Crippen LogP) is 3.51. The molecule has 9 nitrogen and oxygen atoms in total. The van der Waals surface area contributed by atoms with Crippen LogP contribution in [0.2, 0.25) is 0 Å². The molecule has 1 fully saturated rings. The van der Waals surface area contributed by atoms with Gasteiger partial charge in [0.2, 0.25) is 0 Å². The zero-order chi connectivity index (χ0) is 24.8. The van der Waals surface area contributed by atoms with Crippen LogP contribution in [0, 0.1) is 13.8 Å². The van der Waals surface area contributed by atoms with Gasteiger partial charge in [-0.15, -0.1) is 0 Å². The summed E-state index contributed by atoms with van der Waals surface area (Å²) in [6.07, 6.45) is 5.33. The molecule has 0 amide bonds. The lowest BCUT2D eigenvalue weighted by Gasteiger charge is -2.28. The van der Waals surface area contributed by atoms with Gasteiger partial charge >= 0.3 is 11.6 Å². The fourth-order valence-corrected chi connectivity index (χ4v) is 4.04. The minimum atomic E-state index is -0.750. The number of aryl methyl sites for hydroxylation is 1. The van der Waals surface area contributed by atoms with Crippen molar-refractivity contribution in [2.45, 2.75) is 13.8 Å². The lowest BCUT2D eigenvalue weighted by Crippen LogP contribution is -2.36. The van der Waals surface area contributed by atoms with E-state index in [1.807, 2.05) is 43.6 Å². The van der Waals surface area contributed by atoms with Gasteiger partial charge in [0.1, 0.15) is 5.82 Å². The van der Waals surface area contributed by atoms with Gasteiger partial charge in [-0.25, -0.2) is 4.98 Å². The molecule has 1 aliphatic heterocycles. The van der Waals surface area contributed by atoms with E-state index in [1.165, 1.54) is 0 Å². The molecule has 180 valence electrons. The number of rotatable bonds is 4. The summed E-state index contributed by atoms with van der Waals surface area (Å²) in [5, 5.41) is 4.73. The van der Waals surface area contributed by atoms with Crippen LogP contribution in [-0.4, -0.2) is 49.7 Å². The number of hydrogen-bond donors (Lipinski definition) is 2. The smallest absolute Gasteiger partial charge is 0.335 e. The Morgan fingerprint density at radius 1 is 1.06 bits per heavy atom. The van der Waals surface area contributed by atoms with Crippen LogP contribution in [-0.2, 0) is 16.3 Å². The Bertz CT molecular complexity index is 1430. The van der Waals surface area contributed by atoms with E-state index in [0.717, 1.165) is 65.4 Å². The number of nitrogens with zero attached hydrogens (tertiary/aromatic N) is 3. The molecule has 5 rings (SSSR count). The summed E-state index contributed by atoms with van der Waals surface area (Å²) in [5.41, 5.74) is 5.82. The van der Waals surface area contributed by atoms with Crippen molar-refractivity contribution in [1.29, 1.82) is 0 Å². The van der Waals surface area contributed by atoms with Gasteiger partial charge in [0.15, 0.2) is 0 Å². The van der Waals surface area contributed by atoms with Crippen LogP contribution in [0.25, 0.3) is 22.0 Å². The number of aromatic nitrogens is 3. The lowest BCUT2D eigenvalue weighted by atomic mass is 10.0. The Hall–Kier alpha value is -3.89. The molecular formula is C25H25N5O4S. The molecule has 3 aromatic heterocycles. The molecule has 0 spiro atoms. The van der Waals surface area contributed by atoms with Crippen LogP contribution < -0.4 is 15.8 Å². The number of H-pyrrole nitrogens is 1. The largest absolute Gasteiger partial charge is 0.378 e. The van der Waals surface area contributed by atoms with Gasteiger partial charge < -0.3 is 19.9 Å². The zero-order valence-corrected chi connectivity index (χ0v) is 20.2. The van der Waals surface area contributed by atoms with Crippen LogP contribution in [0.4, 0.5) is 17.2 Å². The molecule has 35 heavy (non-hydrogen) atoms. The Balaban J connectivity index is 0.000000917. The van der Waals surface area contributed by atoms with E-state index in [1.54, 1.807) is 6.20 Å². The van der Waals surface area contributed by atoms with E-state index < -0.39 is 11.6 Å². The number of ether oxygens (including phenoxy) is 1. The van der Waals surface area contributed by atoms with Crippen molar-refractivity contribution in [3.63, 3.8) is 0 Å². The molecule has 0 radical (unpaired) electrons. The number of nitrogens with one attached hydrogen (secondary N) is 2. The molecule has 1 aliphatic rings. The maximum Gasteiger partial charge on any atom is 0.335 e. The van der Waals surface area contributed by atoms with Gasteiger partial charge in [0.25, 0.3) is 5.56 Å². The molecular weight excluding hydrogens is 466 g/mol. The van der Waals surface area contributed by atoms with Gasteiger partial charge in [-0.05, 0) is 66.8 Å². The van der Waals surface area contributed by atoms with E-state index in [2.05, 4.69) is 39.2 Å². The van der Waals surface area contributed by atoms with Gasteiger partial charge in [0.05, 0.1) is 24.3 Å². The standard InChI is InChI=1S/C25H25N5O2.O2S/c1-16-14-26-15-21(17(16)2)22-13-18-7-8-27-25(31)23(18)24(29-22)28-19-3-5-20(6-4-19)30-9-11-32-12-10-30;1-3-2/h3-8,13-15H,9-12H2,1-2H3,(H,27,31)(H,28,29);. The van der Waals surface area contributed by atoms with Gasteiger partial charge in [-0.2, -0.15) is 8.42 Å². The molecule has 10 heteroatoms. The van der Waals surface area contributed by atoms with Crippen LogP contribution in [0.15, 0.2) is 59.8 Å². The summed E-state index contributed by atoms with van der Waals surface area (Å²) in [4.78, 5) is 26.9. The van der Waals surface area contributed by atoms with E-state index in [-0.39, 0.29) is 5.56 Å². The number of anilines is 3. The maximum absolute atomic E-state index is 12.7. The number of aromatic amines is 1. The monoisotopic (exact) mass is 491 g/mol. The highest BCUT2D eigenvalue weighted by Gasteiger charge is 2.15. The minimum absolute atomic E-state index is 0.173. The second-order valence-electron chi connectivity index (χ2n) is 8.10. The zero-order valence-electron chi connectivity index (χ0n) is 19.4. The van der Waals surface area contributed by atoms with Crippen molar-refractivity contribution in [3.8, 4) is 11.3 Å². The van der Waals surface area contributed by atoms with Crippen molar-refractivity contribution in [3.05, 3.63) is 76.5 Å². The van der Waals surface area contributed by atoms with E-state index >= 15 is 0 Å². The lowest BCUT2D eigenvalue weighted by molar-refractivity contribution is 0.122. The fraction of sp³-hybridized carbons (Fsp3) is 0.240. The number of pyridine rings is 3. The molecule has 1 aromatic carbocycles. The molecule has 2 N–H and O–H groups in total. The van der Waals surface area contributed by atoms with Crippen molar-refractivity contribution < 1.29 is 13.2 Å². The normalized spacial score (nSPS) is 13.1. The van der Waals surface area contributed by atoms with E-state index in [4.69, 9.17) is 18.1 Å². The SMILES string of the molecule is Cc1cncc(-c2cc3cc[nH]c(=O)c3c(Nc3ccc(N4CCOCC4)cc3)n2)c1C.O=S=O. The minimum Gasteiger partial charge on any atom is -0.378 e. The predicted molar refractivity (Wildman–Crippen MR) is 137 cm³/mol. The first kappa shape index (κ1) is 24.2. The summed E-state index contributed by atoms with van der Waals surface area (Å²) < 4.78 is 22.0. The second kappa shape index (κ2) is 11.0. The molecule has 4 aromatic rings. The third-order valence-electron chi connectivity index (χ3n) is 6.00. The summed E-state index contributed by atoms with van der Waals surface area (Å²) in [7, 11) is 0. The summed E-state index contributed by atoms with van der Waals surface area (Å²) in [6, 6.07) is 12.0. The summed E-state index contributed by atoms with van der Waals surface area (Å²) in [5.74, 6) is 0.527. The van der Waals surface area contributed by atoms with Crippen molar-refractivity contribution in [2.75, 3.05) is 36.5 Å². The Kier molecular flexibility index (Phi) is 7.64. The quantitative estimate of drug-likeness (QED) is 0.445. The molecule has 0 aliphatic carbocycles. The third-order valence-corrected chi connectivity index (χ3v) is 6.00. The first-order valence-electron chi connectivity index (χ1n) is 11.1. The molecule has 1 saturated heterocycles. The van der Waals surface area contributed by atoms with Gasteiger partial charge in [0, 0.05) is 48.6 Å². The highest BCUT2D eigenvalue weighted by atomic mass is 32.1. The first-order valence-corrected chi connectivity index (χ1v) is 11.7. The number of morpholine rings is 1. The molecule has 0 unspecified atom stereocenters. The summed E-state index contributed by atoms with van der Waals surface area (Å²) in [6.45, 7) is 7.37. The topological polar surface area (TPSA) is 117 Å². The number of fused-ring (bicyclic) bond motifs is 1. The van der Waals surface area contributed by atoms with Crippen LogP contribution in [0.3, 0.4) is 0 Å². The second-order valence-corrected chi connectivity index (χ2v) is 8.23. The summed E-state index contributed by atoms with van der Waals surface area (Å²) >= 11 is -0.750. The fourth-order valence-electron chi connectivity index (χ4n) is 4.04. The van der Waals surface area contributed by atoms with Crippen LogP contribution in [0.5, 0.6) is 0 Å². The van der Waals surface area contributed by atoms with Gasteiger partial charge in [-0.3, -0.25) is 9.78 Å². The maximum atomic E-state index is 12.7. The van der Waals surface area contributed by atoms with Crippen LogP contribution in [0.1, 0.15) is 11.1 Å². The molecule has 0 bridgehead atoms. The molecule has 4 heterocycles.